The van der Waals surface area contributed by atoms with E-state index >= 15 is 0 Å². The van der Waals surface area contributed by atoms with Crippen LogP contribution in [0.2, 0.25) is 0 Å². The van der Waals surface area contributed by atoms with Crippen molar-refractivity contribution in [3.05, 3.63) is 35.8 Å². The maximum Gasteiger partial charge on any atom is 0.270 e. The average Bonchev–Trinajstić information content (AvgIpc) is 2.89. The molecule has 2 aromatic rings. The minimum atomic E-state index is -0.324. The Bertz CT molecular complexity index is 702. The van der Waals surface area contributed by atoms with E-state index in [4.69, 9.17) is 0 Å². The molecule has 0 aliphatic carbocycles. The summed E-state index contributed by atoms with van der Waals surface area (Å²) < 4.78 is 13.2. The predicted octanol–water partition coefficient (Wildman–Crippen LogP) is 1.61. The maximum absolute atomic E-state index is 13.2. The van der Waals surface area contributed by atoms with Crippen molar-refractivity contribution in [1.29, 1.82) is 0 Å². The summed E-state index contributed by atoms with van der Waals surface area (Å²) >= 11 is 0. The highest BCUT2D eigenvalue weighted by atomic mass is 19.1. The predicted molar refractivity (Wildman–Crippen MR) is 76.4 cm³/mol. The van der Waals surface area contributed by atoms with Crippen molar-refractivity contribution < 1.29 is 14.0 Å². The number of benzene rings is 1. The van der Waals surface area contributed by atoms with E-state index in [0.717, 1.165) is 5.52 Å². The van der Waals surface area contributed by atoms with Crippen LogP contribution in [0.25, 0.3) is 10.9 Å². The smallest absolute Gasteiger partial charge is 0.270 e. The van der Waals surface area contributed by atoms with Gasteiger partial charge in [-0.05, 0) is 24.3 Å². The first-order valence-electron chi connectivity index (χ1n) is 6.87. The Morgan fingerprint density at radius 3 is 2.43 bits per heavy atom. The second-order valence-electron chi connectivity index (χ2n) is 5.21. The van der Waals surface area contributed by atoms with Gasteiger partial charge in [0.2, 0.25) is 5.91 Å². The molecule has 2 amide bonds. The third-order valence-corrected chi connectivity index (χ3v) is 3.83. The van der Waals surface area contributed by atoms with E-state index in [2.05, 4.69) is 4.98 Å². The zero-order valence-electron chi connectivity index (χ0n) is 11.7. The molecular weight excluding hydrogens is 273 g/mol. The molecule has 0 saturated carbocycles. The number of piperazine rings is 1. The Hall–Kier alpha value is -2.37. The van der Waals surface area contributed by atoms with Gasteiger partial charge in [0.05, 0.1) is 0 Å². The SMILES string of the molecule is CC(=O)N1CCN(C(=O)c2cc3cc(F)ccc3[nH]2)CC1. The van der Waals surface area contributed by atoms with Crippen molar-refractivity contribution in [1.82, 2.24) is 14.8 Å². The van der Waals surface area contributed by atoms with Gasteiger partial charge in [0, 0.05) is 44.0 Å². The Labute approximate surface area is 121 Å². The van der Waals surface area contributed by atoms with Gasteiger partial charge in [-0.3, -0.25) is 9.59 Å². The molecule has 6 heteroatoms. The fourth-order valence-electron chi connectivity index (χ4n) is 2.61. The first kappa shape index (κ1) is 13.6. The summed E-state index contributed by atoms with van der Waals surface area (Å²) in [5, 5.41) is 0.681. The molecule has 1 aromatic carbocycles. The molecule has 21 heavy (non-hydrogen) atoms. The van der Waals surface area contributed by atoms with Crippen LogP contribution >= 0.6 is 0 Å². The minimum absolute atomic E-state index is 0.0307. The number of nitrogens with one attached hydrogen (secondary N) is 1. The van der Waals surface area contributed by atoms with E-state index in [9.17, 15) is 14.0 Å². The Kier molecular flexibility index (Phi) is 3.37. The summed E-state index contributed by atoms with van der Waals surface area (Å²) in [5.41, 5.74) is 1.19. The van der Waals surface area contributed by atoms with Gasteiger partial charge in [-0.15, -0.1) is 0 Å². The van der Waals surface area contributed by atoms with Crippen LogP contribution in [0, 0.1) is 5.82 Å². The number of halogens is 1. The fourth-order valence-corrected chi connectivity index (χ4v) is 2.61. The van der Waals surface area contributed by atoms with Crippen molar-refractivity contribution in [3.8, 4) is 0 Å². The molecule has 0 unspecified atom stereocenters. The first-order valence-corrected chi connectivity index (χ1v) is 6.87. The highest BCUT2D eigenvalue weighted by Crippen LogP contribution is 2.18. The maximum atomic E-state index is 13.2. The number of carbonyl (C=O) groups excluding carboxylic acids is 2. The third-order valence-electron chi connectivity index (χ3n) is 3.83. The zero-order chi connectivity index (χ0) is 15.0. The molecular formula is C15H16FN3O2. The van der Waals surface area contributed by atoms with Crippen LogP contribution in [0.15, 0.2) is 24.3 Å². The van der Waals surface area contributed by atoms with E-state index in [0.29, 0.717) is 37.3 Å². The molecule has 1 N–H and O–H groups in total. The number of aromatic nitrogens is 1. The lowest BCUT2D eigenvalue weighted by Gasteiger charge is -2.33. The fraction of sp³-hybridized carbons (Fsp3) is 0.333. The quantitative estimate of drug-likeness (QED) is 0.867. The molecule has 5 nitrogen and oxygen atoms in total. The number of hydrogen-bond acceptors (Lipinski definition) is 2. The molecule has 0 radical (unpaired) electrons. The van der Waals surface area contributed by atoms with Crippen LogP contribution in [-0.4, -0.2) is 52.8 Å². The molecule has 0 spiro atoms. The molecule has 1 aromatic heterocycles. The number of rotatable bonds is 1. The summed E-state index contributed by atoms with van der Waals surface area (Å²) in [5.74, 6) is -0.409. The lowest BCUT2D eigenvalue weighted by Crippen LogP contribution is -2.50. The largest absolute Gasteiger partial charge is 0.351 e. The summed E-state index contributed by atoms with van der Waals surface area (Å²) in [6, 6.07) is 6.04. The van der Waals surface area contributed by atoms with Crippen LogP contribution in [0.1, 0.15) is 17.4 Å². The highest BCUT2D eigenvalue weighted by Gasteiger charge is 2.24. The van der Waals surface area contributed by atoms with Crippen LogP contribution < -0.4 is 0 Å². The molecule has 2 heterocycles. The van der Waals surface area contributed by atoms with Crippen molar-refractivity contribution in [2.45, 2.75) is 6.92 Å². The Morgan fingerprint density at radius 1 is 1.10 bits per heavy atom. The van der Waals surface area contributed by atoms with Gasteiger partial charge in [0.1, 0.15) is 11.5 Å². The number of nitrogens with zero attached hydrogens (tertiary/aromatic N) is 2. The molecule has 1 fully saturated rings. The molecule has 1 aliphatic heterocycles. The van der Waals surface area contributed by atoms with Crippen molar-refractivity contribution >= 4 is 22.7 Å². The van der Waals surface area contributed by atoms with Gasteiger partial charge < -0.3 is 14.8 Å². The van der Waals surface area contributed by atoms with Crippen LogP contribution in [0.4, 0.5) is 4.39 Å². The van der Waals surface area contributed by atoms with Gasteiger partial charge in [-0.1, -0.05) is 0 Å². The van der Waals surface area contributed by atoms with Crippen LogP contribution in [0.3, 0.4) is 0 Å². The van der Waals surface area contributed by atoms with E-state index in [1.807, 2.05) is 0 Å². The average molecular weight is 289 g/mol. The molecule has 1 saturated heterocycles. The molecule has 3 rings (SSSR count). The van der Waals surface area contributed by atoms with Gasteiger partial charge in [0.25, 0.3) is 5.91 Å². The zero-order valence-corrected chi connectivity index (χ0v) is 11.7. The Balaban J connectivity index is 1.76. The lowest BCUT2D eigenvalue weighted by molar-refractivity contribution is -0.130. The molecule has 0 atom stereocenters. The first-order chi connectivity index (χ1) is 10.0. The topological polar surface area (TPSA) is 56.4 Å². The van der Waals surface area contributed by atoms with Crippen LogP contribution in [0.5, 0.6) is 0 Å². The van der Waals surface area contributed by atoms with Crippen molar-refractivity contribution in [2.24, 2.45) is 0 Å². The van der Waals surface area contributed by atoms with Gasteiger partial charge >= 0.3 is 0 Å². The van der Waals surface area contributed by atoms with Gasteiger partial charge in [-0.2, -0.15) is 0 Å². The summed E-state index contributed by atoms with van der Waals surface area (Å²) in [4.78, 5) is 30.2. The number of amides is 2. The van der Waals surface area contributed by atoms with Crippen molar-refractivity contribution in [3.63, 3.8) is 0 Å². The summed E-state index contributed by atoms with van der Waals surface area (Å²) in [7, 11) is 0. The normalized spacial score (nSPS) is 15.5. The van der Waals surface area contributed by atoms with Crippen LogP contribution in [-0.2, 0) is 4.79 Å². The standard InChI is InChI=1S/C15H16FN3O2/c1-10(20)18-4-6-19(7-5-18)15(21)14-9-11-8-12(16)2-3-13(11)17-14/h2-3,8-9,17H,4-7H2,1H3. The van der Waals surface area contributed by atoms with E-state index in [-0.39, 0.29) is 17.6 Å². The number of fused-ring (bicyclic) bond motifs is 1. The molecule has 0 bridgehead atoms. The van der Waals surface area contributed by atoms with E-state index in [1.165, 1.54) is 19.1 Å². The van der Waals surface area contributed by atoms with Gasteiger partial charge in [0.15, 0.2) is 0 Å². The minimum Gasteiger partial charge on any atom is -0.351 e. The molecule has 1 aliphatic rings. The second-order valence-corrected chi connectivity index (χ2v) is 5.21. The number of hydrogen-bond donors (Lipinski definition) is 1. The van der Waals surface area contributed by atoms with E-state index < -0.39 is 0 Å². The Morgan fingerprint density at radius 2 is 1.76 bits per heavy atom. The number of aromatic amines is 1. The third kappa shape index (κ3) is 2.61. The summed E-state index contributed by atoms with van der Waals surface area (Å²) in [6.07, 6.45) is 0. The number of carbonyl (C=O) groups is 2. The van der Waals surface area contributed by atoms with E-state index in [1.54, 1.807) is 21.9 Å². The molecule has 110 valence electrons. The lowest BCUT2D eigenvalue weighted by atomic mass is 10.2. The number of H-pyrrole nitrogens is 1. The van der Waals surface area contributed by atoms with Gasteiger partial charge in [-0.25, -0.2) is 4.39 Å². The summed E-state index contributed by atoms with van der Waals surface area (Å²) in [6.45, 7) is 3.67. The monoisotopic (exact) mass is 289 g/mol. The highest BCUT2D eigenvalue weighted by molar-refractivity contribution is 5.98. The van der Waals surface area contributed by atoms with Crippen molar-refractivity contribution in [2.75, 3.05) is 26.2 Å². The second kappa shape index (κ2) is 5.20.